The Morgan fingerprint density at radius 1 is 1.12 bits per heavy atom. The predicted molar refractivity (Wildman–Crippen MR) is 161 cm³/mol. The van der Waals surface area contributed by atoms with Gasteiger partial charge in [0.1, 0.15) is 5.92 Å². The number of urea groups is 1. The number of carbonyl (C=O) groups excluding carboxylic acids is 3. The first kappa shape index (κ1) is 32.2. The van der Waals surface area contributed by atoms with Gasteiger partial charge in [-0.05, 0) is 86.6 Å². The van der Waals surface area contributed by atoms with Crippen molar-refractivity contribution in [2.45, 2.75) is 51.5 Å². The Morgan fingerprint density at radius 2 is 1.88 bits per heavy atom. The zero-order valence-electron chi connectivity index (χ0n) is 25.0. The number of hydrogen-bond donors (Lipinski definition) is 3. The number of carbonyl (C=O) groups is 3. The highest BCUT2D eigenvalue weighted by Gasteiger charge is 2.39. The van der Waals surface area contributed by atoms with Crippen LogP contribution in [0.15, 0.2) is 47.5 Å². The summed E-state index contributed by atoms with van der Waals surface area (Å²) in [6.07, 6.45) is 3.53. The van der Waals surface area contributed by atoms with Crippen molar-refractivity contribution in [3.05, 3.63) is 65.2 Å². The van der Waals surface area contributed by atoms with Gasteiger partial charge in [0.2, 0.25) is 11.8 Å². The van der Waals surface area contributed by atoms with Gasteiger partial charge in [-0.1, -0.05) is 32.0 Å². The molecule has 2 aromatic carbocycles. The first-order chi connectivity index (χ1) is 20.7. The van der Waals surface area contributed by atoms with Gasteiger partial charge in [-0.15, -0.1) is 0 Å². The third kappa shape index (κ3) is 8.45. The second kappa shape index (κ2) is 15.2. The van der Waals surface area contributed by atoms with Gasteiger partial charge in [-0.3, -0.25) is 9.59 Å². The van der Waals surface area contributed by atoms with Crippen LogP contribution in [-0.4, -0.2) is 68.4 Å². The Bertz CT molecular complexity index is 1330. The van der Waals surface area contributed by atoms with Crippen molar-refractivity contribution in [2.75, 3.05) is 45.2 Å². The molecule has 4 amide bonds. The van der Waals surface area contributed by atoms with Crippen LogP contribution in [0.3, 0.4) is 0 Å². The fourth-order valence-electron chi connectivity index (χ4n) is 5.63. The molecule has 0 spiro atoms. The second-order valence-electron chi connectivity index (χ2n) is 11.3. The van der Waals surface area contributed by atoms with Crippen LogP contribution in [0, 0.1) is 23.5 Å². The smallest absolute Gasteiger partial charge is 0.341 e. The summed E-state index contributed by atoms with van der Waals surface area (Å²) in [5.41, 5.74) is 2.56. The molecule has 0 radical (unpaired) electrons. The number of benzene rings is 2. The van der Waals surface area contributed by atoms with E-state index in [1.165, 1.54) is 18.7 Å². The van der Waals surface area contributed by atoms with Gasteiger partial charge in [0.25, 0.3) is 0 Å². The molecule has 2 unspecified atom stereocenters. The third-order valence-electron chi connectivity index (χ3n) is 8.32. The monoisotopic (exact) mass is 597 g/mol. The molecule has 0 aliphatic carbocycles. The van der Waals surface area contributed by atoms with Crippen molar-refractivity contribution in [2.24, 2.45) is 16.8 Å². The number of halogens is 2. The normalized spacial score (nSPS) is 20.2. The predicted octanol–water partition coefficient (Wildman–Crippen LogP) is 4.80. The average molecular weight is 598 g/mol. The van der Waals surface area contributed by atoms with Crippen LogP contribution < -0.4 is 16.0 Å². The number of rotatable bonds is 12. The number of likely N-dealkylation sites (tertiary alicyclic amines) is 1. The summed E-state index contributed by atoms with van der Waals surface area (Å²) < 4.78 is 32.7. The molecule has 2 aromatic rings. The molecule has 3 atom stereocenters. The summed E-state index contributed by atoms with van der Waals surface area (Å²) in [6.45, 7) is 6.96. The molecule has 232 valence electrons. The number of piperidine rings is 1. The molecule has 0 bridgehead atoms. The SMILES string of the molecule is CCC(C)C(=O)Nc1cccc(C2CCN(CCCNC(=O)C3C(COC)=NC(=O)N[C@@H]3c3ccc(F)c(F)c3)CC2)c1. The summed E-state index contributed by atoms with van der Waals surface area (Å²) in [7, 11) is 1.43. The van der Waals surface area contributed by atoms with E-state index in [-0.39, 0.29) is 35.6 Å². The van der Waals surface area contributed by atoms with E-state index in [9.17, 15) is 23.2 Å². The number of methoxy groups -OCH3 is 1. The standard InChI is InChI=1S/C32H41F2N5O4/c1-4-20(2)30(40)36-24-8-5-7-22(17-24)21-11-15-39(16-12-21)14-6-13-35-31(41)28-27(19-43-3)37-32(42)38-29(28)23-9-10-25(33)26(34)18-23/h5,7-10,17-18,20-21,28-29H,4,6,11-16,19H2,1-3H3,(H,35,41)(H,36,40)(H,38,42)/t20?,28?,29-/m1/s1. The maximum Gasteiger partial charge on any atom is 0.341 e. The molecule has 3 N–H and O–H groups in total. The minimum atomic E-state index is -1.06. The summed E-state index contributed by atoms with van der Waals surface area (Å²) in [6, 6.07) is 9.85. The van der Waals surface area contributed by atoms with E-state index < -0.39 is 29.6 Å². The molecule has 43 heavy (non-hydrogen) atoms. The molecule has 2 aliphatic rings. The van der Waals surface area contributed by atoms with Crippen LogP contribution in [0.4, 0.5) is 19.3 Å². The van der Waals surface area contributed by atoms with E-state index in [0.717, 1.165) is 63.1 Å². The molecule has 11 heteroatoms. The summed E-state index contributed by atoms with van der Waals surface area (Å²) in [5, 5.41) is 8.58. The first-order valence-electron chi connectivity index (χ1n) is 14.9. The van der Waals surface area contributed by atoms with Crippen LogP contribution in [0.5, 0.6) is 0 Å². The molecule has 2 heterocycles. The lowest BCUT2D eigenvalue weighted by atomic mass is 9.87. The van der Waals surface area contributed by atoms with Crippen LogP contribution >= 0.6 is 0 Å². The molecule has 1 fully saturated rings. The van der Waals surface area contributed by atoms with Crippen LogP contribution in [0.25, 0.3) is 0 Å². The third-order valence-corrected chi connectivity index (χ3v) is 8.32. The lowest BCUT2D eigenvalue weighted by molar-refractivity contribution is -0.124. The zero-order valence-corrected chi connectivity index (χ0v) is 25.0. The van der Waals surface area contributed by atoms with E-state index in [1.807, 2.05) is 26.0 Å². The molecular formula is C32H41F2N5O4. The highest BCUT2D eigenvalue weighted by Crippen LogP contribution is 2.31. The maximum atomic E-state index is 14.0. The molecular weight excluding hydrogens is 556 g/mol. The second-order valence-corrected chi connectivity index (χ2v) is 11.3. The van der Waals surface area contributed by atoms with Gasteiger partial charge in [0, 0.05) is 25.3 Å². The number of hydrogen-bond acceptors (Lipinski definition) is 5. The van der Waals surface area contributed by atoms with Gasteiger partial charge >= 0.3 is 6.03 Å². The lowest BCUT2D eigenvalue weighted by Gasteiger charge is -2.33. The van der Waals surface area contributed by atoms with Gasteiger partial charge < -0.3 is 25.6 Å². The van der Waals surface area contributed by atoms with Gasteiger partial charge in [0.15, 0.2) is 11.6 Å². The summed E-state index contributed by atoms with van der Waals surface area (Å²) in [5.74, 6) is -2.94. The first-order valence-corrected chi connectivity index (χ1v) is 14.9. The highest BCUT2D eigenvalue weighted by atomic mass is 19.2. The molecule has 0 aromatic heterocycles. The van der Waals surface area contributed by atoms with E-state index >= 15 is 0 Å². The van der Waals surface area contributed by atoms with E-state index in [2.05, 4.69) is 38.0 Å². The number of nitrogens with zero attached hydrogens (tertiary/aromatic N) is 2. The molecule has 2 aliphatic heterocycles. The van der Waals surface area contributed by atoms with Crippen molar-refractivity contribution in [3.8, 4) is 0 Å². The number of aliphatic imine (C=N–C) groups is 1. The number of anilines is 1. The number of nitrogens with one attached hydrogen (secondary N) is 3. The van der Waals surface area contributed by atoms with E-state index in [1.54, 1.807) is 0 Å². The van der Waals surface area contributed by atoms with Gasteiger partial charge in [0.05, 0.1) is 18.4 Å². The molecule has 9 nitrogen and oxygen atoms in total. The Labute approximate surface area is 251 Å². The largest absolute Gasteiger partial charge is 0.379 e. The average Bonchev–Trinajstić information content (AvgIpc) is 3.00. The molecule has 0 saturated carbocycles. The topological polar surface area (TPSA) is 112 Å². The van der Waals surface area contributed by atoms with Crippen LogP contribution in [-0.2, 0) is 14.3 Å². The summed E-state index contributed by atoms with van der Waals surface area (Å²) in [4.78, 5) is 44.1. The Kier molecular flexibility index (Phi) is 11.4. The molecule has 1 saturated heterocycles. The van der Waals surface area contributed by atoms with Crippen molar-refractivity contribution >= 4 is 29.2 Å². The van der Waals surface area contributed by atoms with Gasteiger partial charge in [-0.25, -0.2) is 13.6 Å². The minimum Gasteiger partial charge on any atom is -0.379 e. The van der Waals surface area contributed by atoms with E-state index in [0.29, 0.717) is 12.5 Å². The Balaban J connectivity index is 1.28. The number of ether oxygens (including phenoxy) is 1. The number of amides is 4. The van der Waals surface area contributed by atoms with Crippen LogP contribution in [0.2, 0.25) is 0 Å². The Morgan fingerprint density at radius 3 is 2.58 bits per heavy atom. The highest BCUT2D eigenvalue weighted by molar-refractivity contribution is 6.11. The fraction of sp³-hybridized carbons (Fsp3) is 0.500. The fourth-order valence-corrected chi connectivity index (χ4v) is 5.63. The summed E-state index contributed by atoms with van der Waals surface area (Å²) >= 11 is 0. The Hall–Kier alpha value is -3.70. The van der Waals surface area contributed by atoms with Crippen molar-refractivity contribution in [3.63, 3.8) is 0 Å². The van der Waals surface area contributed by atoms with Crippen molar-refractivity contribution < 1.29 is 27.9 Å². The quantitative estimate of drug-likeness (QED) is 0.304. The van der Waals surface area contributed by atoms with Crippen molar-refractivity contribution in [1.29, 1.82) is 0 Å². The van der Waals surface area contributed by atoms with Gasteiger partial charge in [-0.2, -0.15) is 4.99 Å². The maximum absolute atomic E-state index is 14.0. The zero-order chi connectivity index (χ0) is 30.9. The minimum absolute atomic E-state index is 0.0263. The van der Waals surface area contributed by atoms with Crippen LogP contribution in [0.1, 0.15) is 62.6 Å². The molecule has 4 rings (SSSR count). The lowest BCUT2D eigenvalue weighted by Crippen LogP contribution is -2.49. The van der Waals surface area contributed by atoms with Crippen molar-refractivity contribution in [1.82, 2.24) is 15.5 Å². The van der Waals surface area contributed by atoms with E-state index in [4.69, 9.17) is 4.74 Å².